The highest BCUT2D eigenvalue weighted by atomic mass is 19.3. The molecule has 6 nitrogen and oxygen atoms in total. The SMILES string of the molecule is Cc1cc(C2CCN(C(=O)C(=O)NCCC3CCC(F)(F)CC3)CC2)on1. The van der Waals surface area contributed by atoms with Crippen LogP contribution >= 0.6 is 0 Å². The molecule has 2 heterocycles. The van der Waals surface area contributed by atoms with Gasteiger partial charge in [-0.2, -0.15) is 0 Å². The molecule has 1 saturated heterocycles. The van der Waals surface area contributed by atoms with Crippen molar-refractivity contribution in [3.8, 4) is 0 Å². The molecule has 0 spiro atoms. The summed E-state index contributed by atoms with van der Waals surface area (Å²) in [7, 11) is 0. The number of amides is 2. The molecule has 0 atom stereocenters. The van der Waals surface area contributed by atoms with E-state index in [-0.39, 0.29) is 24.7 Å². The van der Waals surface area contributed by atoms with Gasteiger partial charge in [-0.05, 0) is 44.9 Å². The predicted octanol–water partition coefficient (Wildman–Crippen LogP) is 3.02. The first kappa shape index (κ1) is 19.8. The largest absolute Gasteiger partial charge is 0.361 e. The molecular formula is C19H27F2N3O3. The molecule has 27 heavy (non-hydrogen) atoms. The molecule has 0 aromatic carbocycles. The number of carbonyl (C=O) groups excluding carboxylic acids is 2. The molecule has 0 unspecified atom stereocenters. The highest BCUT2D eigenvalue weighted by Crippen LogP contribution is 2.37. The van der Waals surface area contributed by atoms with Gasteiger partial charge in [-0.3, -0.25) is 9.59 Å². The summed E-state index contributed by atoms with van der Waals surface area (Å²) in [5.74, 6) is -2.40. The number of alkyl halides is 2. The standard InChI is InChI=1S/C19H27F2N3O3/c1-13-12-16(27-23-13)15-5-10-24(11-6-15)18(26)17(25)22-9-4-14-2-7-19(20,21)8-3-14/h12,14-15H,2-11H2,1H3,(H,22,25). The monoisotopic (exact) mass is 383 g/mol. The Morgan fingerprint density at radius 3 is 2.52 bits per heavy atom. The van der Waals surface area contributed by atoms with Crippen LogP contribution in [0.1, 0.15) is 62.3 Å². The van der Waals surface area contributed by atoms with Gasteiger partial charge in [-0.15, -0.1) is 0 Å². The van der Waals surface area contributed by atoms with Crippen LogP contribution in [-0.2, 0) is 9.59 Å². The van der Waals surface area contributed by atoms with E-state index in [4.69, 9.17) is 4.52 Å². The molecule has 1 aliphatic heterocycles. The van der Waals surface area contributed by atoms with Crippen LogP contribution in [0.5, 0.6) is 0 Å². The van der Waals surface area contributed by atoms with Gasteiger partial charge in [0.2, 0.25) is 5.92 Å². The third kappa shape index (κ3) is 5.26. The third-order valence-corrected chi connectivity index (χ3v) is 5.70. The van der Waals surface area contributed by atoms with Crippen molar-refractivity contribution >= 4 is 11.8 Å². The first-order valence-corrected chi connectivity index (χ1v) is 9.72. The normalized spacial score (nSPS) is 21.2. The number of hydrogen-bond acceptors (Lipinski definition) is 4. The smallest absolute Gasteiger partial charge is 0.311 e. The maximum absolute atomic E-state index is 13.1. The van der Waals surface area contributed by atoms with Gasteiger partial charge in [0.05, 0.1) is 5.69 Å². The van der Waals surface area contributed by atoms with Crippen LogP contribution in [0.2, 0.25) is 0 Å². The molecule has 2 aliphatic rings. The summed E-state index contributed by atoms with van der Waals surface area (Å²) in [6, 6.07) is 1.91. The van der Waals surface area contributed by atoms with E-state index in [2.05, 4.69) is 10.5 Å². The molecule has 1 aliphatic carbocycles. The van der Waals surface area contributed by atoms with Gasteiger partial charge < -0.3 is 14.7 Å². The lowest BCUT2D eigenvalue weighted by Gasteiger charge is -2.30. The summed E-state index contributed by atoms with van der Waals surface area (Å²) in [4.78, 5) is 25.9. The molecule has 0 radical (unpaired) electrons. The highest BCUT2D eigenvalue weighted by Gasteiger charge is 2.35. The summed E-state index contributed by atoms with van der Waals surface area (Å²) in [6.07, 6.45) is 2.92. The van der Waals surface area contributed by atoms with Crippen LogP contribution in [0.15, 0.2) is 10.6 Å². The van der Waals surface area contributed by atoms with Gasteiger partial charge in [-0.25, -0.2) is 8.78 Å². The number of nitrogens with one attached hydrogen (secondary N) is 1. The average molecular weight is 383 g/mol. The Balaban J connectivity index is 1.36. The topological polar surface area (TPSA) is 75.4 Å². The molecule has 8 heteroatoms. The van der Waals surface area contributed by atoms with Crippen molar-refractivity contribution in [2.45, 2.75) is 63.7 Å². The Bertz CT molecular complexity index is 659. The second-order valence-electron chi connectivity index (χ2n) is 7.78. The molecule has 0 bridgehead atoms. The fourth-order valence-electron chi connectivity index (χ4n) is 3.94. The van der Waals surface area contributed by atoms with Crippen molar-refractivity contribution in [2.75, 3.05) is 19.6 Å². The third-order valence-electron chi connectivity index (χ3n) is 5.70. The van der Waals surface area contributed by atoms with E-state index in [1.54, 1.807) is 4.90 Å². The lowest BCUT2D eigenvalue weighted by molar-refractivity contribution is -0.146. The zero-order valence-electron chi connectivity index (χ0n) is 15.7. The van der Waals surface area contributed by atoms with Gasteiger partial charge in [0.15, 0.2) is 0 Å². The minimum absolute atomic E-state index is 0.0792. The molecule has 3 rings (SSSR count). The summed E-state index contributed by atoms with van der Waals surface area (Å²) < 4.78 is 31.6. The number of halogens is 2. The van der Waals surface area contributed by atoms with E-state index < -0.39 is 17.7 Å². The number of aryl methyl sites for hydroxylation is 1. The average Bonchev–Trinajstić information content (AvgIpc) is 3.09. The quantitative estimate of drug-likeness (QED) is 0.811. The fraction of sp³-hybridized carbons (Fsp3) is 0.737. The van der Waals surface area contributed by atoms with Gasteiger partial charge in [0.1, 0.15) is 5.76 Å². The Kier molecular flexibility index (Phi) is 6.11. The van der Waals surface area contributed by atoms with Crippen molar-refractivity contribution < 1.29 is 22.9 Å². The van der Waals surface area contributed by atoms with E-state index in [9.17, 15) is 18.4 Å². The number of aromatic nitrogens is 1. The minimum atomic E-state index is -2.54. The Morgan fingerprint density at radius 2 is 1.93 bits per heavy atom. The maximum atomic E-state index is 13.1. The van der Waals surface area contributed by atoms with Crippen LogP contribution in [0.4, 0.5) is 8.78 Å². The van der Waals surface area contributed by atoms with E-state index >= 15 is 0 Å². The molecular weight excluding hydrogens is 356 g/mol. The van der Waals surface area contributed by atoms with Gasteiger partial charge >= 0.3 is 11.8 Å². The van der Waals surface area contributed by atoms with Crippen molar-refractivity contribution in [1.82, 2.24) is 15.4 Å². The second kappa shape index (κ2) is 8.35. The Hall–Kier alpha value is -1.99. The van der Waals surface area contributed by atoms with Crippen LogP contribution in [0.25, 0.3) is 0 Å². The Morgan fingerprint density at radius 1 is 1.26 bits per heavy atom. The summed E-state index contributed by atoms with van der Waals surface area (Å²) in [5, 5.41) is 6.54. The number of carbonyl (C=O) groups is 2. The molecule has 1 aromatic rings. The number of rotatable bonds is 4. The van der Waals surface area contributed by atoms with Crippen LogP contribution < -0.4 is 5.32 Å². The molecule has 2 fully saturated rings. The van der Waals surface area contributed by atoms with Crippen LogP contribution in [0.3, 0.4) is 0 Å². The summed E-state index contributed by atoms with van der Waals surface area (Å²) in [6.45, 7) is 3.24. The van der Waals surface area contributed by atoms with Crippen molar-refractivity contribution in [3.05, 3.63) is 17.5 Å². The molecule has 1 saturated carbocycles. The first-order chi connectivity index (χ1) is 12.8. The van der Waals surface area contributed by atoms with E-state index in [1.165, 1.54) is 0 Å². The number of hydrogen-bond donors (Lipinski definition) is 1. The molecule has 1 aromatic heterocycles. The molecule has 1 N–H and O–H groups in total. The maximum Gasteiger partial charge on any atom is 0.311 e. The van der Waals surface area contributed by atoms with Crippen molar-refractivity contribution in [3.63, 3.8) is 0 Å². The van der Waals surface area contributed by atoms with E-state index in [1.807, 2.05) is 13.0 Å². The summed E-state index contributed by atoms with van der Waals surface area (Å²) >= 11 is 0. The lowest BCUT2D eigenvalue weighted by Crippen LogP contribution is -2.46. The van der Waals surface area contributed by atoms with Gasteiger partial charge in [0, 0.05) is 44.5 Å². The van der Waals surface area contributed by atoms with Gasteiger partial charge in [0.25, 0.3) is 0 Å². The minimum Gasteiger partial charge on any atom is -0.361 e. The van der Waals surface area contributed by atoms with Crippen LogP contribution in [0, 0.1) is 12.8 Å². The van der Waals surface area contributed by atoms with E-state index in [0.717, 1.165) is 24.3 Å². The lowest BCUT2D eigenvalue weighted by atomic mass is 9.85. The van der Waals surface area contributed by atoms with Crippen molar-refractivity contribution in [2.24, 2.45) is 5.92 Å². The number of likely N-dealkylation sites (tertiary alicyclic amines) is 1. The fourth-order valence-corrected chi connectivity index (χ4v) is 3.94. The number of nitrogens with zero attached hydrogens (tertiary/aromatic N) is 2. The van der Waals surface area contributed by atoms with Crippen molar-refractivity contribution in [1.29, 1.82) is 0 Å². The predicted molar refractivity (Wildman–Crippen MR) is 94.3 cm³/mol. The molecule has 150 valence electrons. The number of piperidine rings is 1. The Labute approximate surface area is 157 Å². The molecule has 2 amide bonds. The van der Waals surface area contributed by atoms with Crippen LogP contribution in [-0.4, -0.2) is 47.4 Å². The zero-order chi connectivity index (χ0) is 19.4. The second-order valence-corrected chi connectivity index (χ2v) is 7.78. The van der Waals surface area contributed by atoms with E-state index in [0.29, 0.717) is 38.9 Å². The highest BCUT2D eigenvalue weighted by molar-refractivity contribution is 6.35. The first-order valence-electron chi connectivity index (χ1n) is 9.72. The summed E-state index contributed by atoms with van der Waals surface area (Å²) in [5.41, 5.74) is 0.838. The van der Waals surface area contributed by atoms with Gasteiger partial charge in [-0.1, -0.05) is 5.16 Å². The zero-order valence-corrected chi connectivity index (χ0v) is 15.7.